The molecule has 0 saturated carbocycles. The zero-order chi connectivity index (χ0) is 9.94. The van der Waals surface area contributed by atoms with Crippen LogP contribution < -0.4 is 0 Å². The lowest BCUT2D eigenvalue weighted by Crippen LogP contribution is -1.77. The van der Waals surface area contributed by atoms with Crippen molar-refractivity contribution in [1.29, 1.82) is 0 Å². The maximum absolute atomic E-state index is 9.69. The lowest BCUT2D eigenvalue weighted by atomic mass is 10.2. The van der Waals surface area contributed by atoms with E-state index in [1.165, 1.54) is 6.08 Å². The second-order valence-electron chi connectivity index (χ2n) is 2.30. The minimum atomic E-state index is 0.435. The molecule has 0 heterocycles. The summed E-state index contributed by atoms with van der Waals surface area (Å²) in [4.78, 5) is 13.1. The first-order valence-corrected chi connectivity index (χ1v) is 3.99. The van der Waals surface area contributed by atoms with Crippen molar-refractivity contribution in [1.82, 2.24) is 0 Å². The predicted octanol–water partition coefficient (Wildman–Crippen LogP) is 2.71. The van der Waals surface area contributed by atoms with Crippen molar-refractivity contribution < 1.29 is 4.79 Å². The van der Waals surface area contributed by atoms with Crippen LogP contribution in [0.3, 0.4) is 0 Å². The van der Waals surface area contributed by atoms with Crippen LogP contribution in [0.15, 0.2) is 48.0 Å². The average Bonchev–Trinajstić information content (AvgIpc) is 2.18. The smallest absolute Gasteiger partial charge is 0.211 e. The average molecular weight is 175 g/mol. The van der Waals surface area contributed by atoms with Crippen LogP contribution in [-0.4, -0.2) is 6.08 Å². The van der Waals surface area contributed by atoms with Crippen LogP contribution in [0.25, 0.3) is 0 Å². The van der Waals surface area contributed by atoms with Crippen molar-refractivity contribution in [2.45, 2.75) is 13.5 Å². The lowest BCUT2D eigenvalue weighted by Gasteiger charge is -1.89. The van der Waals surface area contributed by atoms with E-state index in [9.17, 15) is 4.79 Å². The Morgan fingerprint density at radius 1 is 1.46 bits per heavy atom. The molecule has 0 aliphatic heterocycles. The van der Waals surface area contributed by atoms with Crippen LogP contribution >= 0.6 is 0 Å². The number of rotatable bonds is 2. The Morgan fingerprint density at radius 2 is 2.00 bits per heavy atom. The van der Waals surface area contributed by atoms with Gasteiger partial charge in [-0.2, -0.15) is 0 Å². The SMILES string of the molecule is C=CC.O=C=NCc1ccccc1. The van der Waals surface area contributed by atoms with E-state index in [-0.39, 0.29) is 0 Å². The molecule has 1 aromatic rings. The second-order valence-corrected chi connectivity index (χ2v) is 2.30. The van der Waals surface area contributed by atoms with Gasteiger partial charge in [0, 0.05) is 0 Å². The summed E-state index contributed by atoms with van der Waals surface area (Å²) < 4.78 is 0. The third kappa shape index (κ3) is 6.73. The van der Waals surface area contributed by atoms with Crippen molar-refractivity contribution in [3.63, 3.8) is 0 Å². The van der Waals surface area contributed by atoms with Crippen molar-refractivity contribution in [3.8, 4) is 0 Å². The Hall–Kier alpha value is -1.66. The number of hydrogen-bond acceptors (Lipinski definition) is 2. The van der Waals surface area contributed by atoms with E-state index in [0.29, 0.717) is 6.54 Å². The molecule has 0 N–H and O–H groups in total. The van der Waals surface area contributed by atoms with Gasteiger partial charge in [0.15, 0.2) is 0 Å². The first-order chi connectivity index (χ1) is 6.35. The van der Waals surface area contributed by atoms with E-state index in [2.05, 4.69) is 11.6 Å². The highest BCUT2D eigenvalue weighted by Gasteiger charge is 1.84. The van der Waals surface area contributed by atoms with Crippen molar-refractivity contribution in [2.24, 2.45) is 4.99 Å². The zero-order valence-electron chi connectivity index (χ0n) is 7.73. The molecule has 0 aliphatic rings. The Labute approximate surface area is 78.6 Å². The summed E-state index contributed by atoms with van der Waals surface area (Å²) in [6.45, 7) is 5.68. The van der Waals surface area contributed by atoms with E-state index >= 15 is 0 Å². The molecule has 1 aromatic carbocycles. The molecule has 0 saturated heterocycles. The molecule has 2 nitrogen and oxygen atoms in total. The van der Waals surface area contributed by atoms with Gasteiger partial charge in [-0.25, -0.2) is 9.79 Å². The molecule has 0 bridgehead atoms. The summed E-state index contributed by atoms with van der Waals surface area (Å²) in [5.74, 6) is 0. The summed E-state index contributed by atoms with van der Waals surface area (Å²) in [5.41, 5.74) is 1.03. The fourth-order valence-electron chi connectivity index (χ4n) is 0.707. The standard InChI is InChI=1S/C8H7NO.C3H6/c10-7-9-6-8-4-2-1-3-5-8;1-3-2/h1-5H,6H2;3H,1H2,2H3. The van der Waals surface area contributed by atoms with E-state index in [1.807, 2.05) is 37.3 Å². The quantitative estimate of drug-likeness (QED) is 0.386. The third-order valence-electron chi connectivity index (χ3n) is 1.17. The largest absolute Gasteiger partial charge is 0.235 e. The normalized spacial score (nSPS) is 7.46. The molecule has 0 unspecified atom stereocenters. The Balaban J connectivity index is 0.000000424. The number of nitrogens with zero attached hydrogens (tertiary/aromatic N) is 1. The maximum atomic E-state index is 9.69. The molecule has 2 heteroatoms. The van der Waals surface area contributed by atoms with E-state index in [0.717, 1.165) is 5.56 Å². The maximum Gasteiger partial charge on any atom is 0.235 e. The van der Waals surface area contributed by atoms with Crippen LogP contribution in [0.4, 0.5) is 0 Å². The van der Waals surface area contributed by atoms with Crippen LogP contribution in [0, 0.1) is 0 Å². The van der Waals surface area contributed by atoms with Gasteiger partial charge in [0.05, 0.1) is 6.54 Å². The summed E-state index contributed by atoms with van der Waals surface area (Å²) in [6.07, 6.45) is 3.24. The van der Waals surface area contributed by atoms with E-state index in [4.69, 9.17) is 0 Å². The number of allylic oxidation sites excluding steroid dienone is 1. The van der Waals surface area contributed by atoms with Crippen molar-refractivity contribution in [3.05, 3.63) is 48.6 Å². The van der Waals surface area contributed by atoms with Gasteiger partial charge >= 0.3 is 0 Å². The van der Waals surface area contributed by atoms with Gasteiger partial charge < -0.3 is 0 Å². The molecule has 0 atom stereocenters. The summed E-state index contributed by atoms with van der Waals surface area (Å²) in [7, 11) is 0. The molecule has 0 aliphatic carbocycles. The number of carbonyl (C=O) groups excluding carboxylic acids is 1. The van der Waals surface area contributed by atoms with Gasteiger partial charge in [0.2, 0.25) is 6.08 Å². The van der Waals surface area contributed by atoms with E-state index < -0.39 is 0 Å². The molecule has 1 rings (SSSR count). The third-order valence-corrected chi connectivity index (χ3v) is 1.17. The van der Waals surface area contributed by atoms with Crippen molar-refractivity contribution >= 4 is 6.08 Å². The number of isocyanates is 1. The molecule has 0 spiro atoms. The number of aliphatic imine (C=N–C) groups is 1. The predicted molar refractivity (Wildman–Crippen MR) is 54.1 cm³/mol. The van der Waals surface area contributed by atoms with Gasteiger partial charge in [-0.15, -0.1) is 6.58 Å². The minimum Gasteiger partial charge on any atom is -0.211 e. The summed E-state index contributed by atoms with van der Waals surface area (Å²) in [5, 5.41) is 0. The van der Waals surface area contributed by atoms with Crippen molar-refractivity contribution in [2.75, 3.05) is 0 Å². The molecular formula is C11H13NO. The highest BCUT2D eigenvalue weighted by molar-refractivity contribution is 5.33. The van der Waals surface area contributed by atoms with Crippen LogP contribution in [0.5, 0.6) is 0 Å². The van der Waals surface area contributed by atoms with E-state index in [1.54, 1.807) is 6.08 Å². The molecule has 0 radical (unpaired) electrons. The fourth-order valence-corrected chi connectivity index (χ4v) is 0.707. The molecular weight excluding hydrogens is 162 g/mol. The first kappa shape index (κ1) is 11.3. The van der Waals surface area contributed by atoms with Gasteiger partial charge in [0.25, 0.3) is 0 Å². The highest BCUT2D eigenvalue weighted by atomic mass is 16.1. The second kappa shape index (κ2) is 8.44. The van der Waals surface area contributed by atoms with Crippen LogP contribution in [-0.2, 0) is 11.3 Å². The van der Waals surface area contributed by atoms with Crippen LogP contribution in [0.2, 0.25) is 0 Å². The monoisotopic (exact) mass is 175 g/mol. The van der Waals surface area contributed by atoms with Gasteiger partial charge in [-0.1, -0.05) is 36.4 Å². The zero-order valence-corrected chi connectivity index (χ0v) is 7.73. The van der Waals surface area contributed by atoms with Crippen LogP contribution in [0.1, 0.15) is 12.5 Å². The fraction of sp³-hybridized carbons (Fsp3) is 0.182. The van der Waals surface area contributed by atoms with Gasteiger partial charge in [-0.3, -0.25) is 0 Å². The number of benzene rings is 1. The molecule has 0 fully saturated rings. The highest BCUT2D eigenvalue weighted by Crippen LogP contribution is 1.98. The molecule has 0 aromatic heterocycles. The summed E-state index contributed by atoms with van der Waals surface area (Å²) >= 11 is 0. The van der Waals surface area contributed by atoms with Gasteiger partial charge in [0.1, 0.15) is 0 Å². The Morgan fingerprint density at radius 3 is 2.46 bits per heavy atom. The summed E-state index contributed by atoms with van der Waals surface area (Å²) in [6, 6.07) is 9.58. The first-order valence-electron chi connectivity index (χ1n) is 3.99. The molecule has 13 heavy (non-hydrogen) atoms. The lowest BCUT2D eigenvalue weighted by molar-refractivity contribution is 0.563. The Kier molecular flexibility index (Phi) is 7.36. The molecule has 68 valence electrons. The molecule has 0 amide bonds. The van der Waals surface area contributed by atoms with Gasteiger partial charge in [-0.05, 0) is 12.5 Å². The number of hydrogen-bond donors (Lipinski definition) is 0. The minimum absolute atomic E-state index is 0.435. The Bertz CT molecular complexity index is 273. The topological polar surface area (TPSA) is 29.4 Å².